The summed E-state index contributed by atoms with van der Waals surface area (Å²) in [6.07, 6.45) is 2.34. The lowest BCUT2D eigenvalue weighted by Crippen LogP contribution is -1.95. The van der Waals surface area contributed by atoms with Crippen molar-refractivity contribution in [2.45, 2.75) is 5.03 Å². The molecule has 1 aromatic heterocycles. The van der Waals surface area contributed by atoms with Crippen molar-refractivity contribution >= 4 is 21.6 Å². The van der Waals surface area contributed by atoms with Crippen LogP contribution in [0.15, 0.2) is 11.2 Å². The smallest absolute Gasteiger partial charge is 0.195 e. The first kappa shape index (κ1) is 6.63. The lowest BCUT2D eigenvalue weighted by atomic mass is 11.0. The van der Waals surface area contributed by atoms with Gasteiger partial charge in [0.15, 0.2) is 14.9 Å². The van der Waals surface area contributed by atoms with Gasteiger partial charge in [-0.3, -0.25) is 0 Å². The van der Waals surface area contributed by atoms with E-state index in [2.05, 4.69) is 8.75 Å². The van der Waals surface area contributed by atoms with Gasteiger partial charge in [0.05, 0.1) is 17.9 Å². The quantitative estimate of drug-likeness (QED) is 0.583. The van der Waals surface area contributed by atoms with Gasteiger partial charge in [-0.25, -0.2) is 8.42 Å². The number of rotatable bonds is 1. The molecule has 1 heterocycles. The van der Waals surface area contributed by atoms with Crippen molar-refractivity contribution in [1.82, 2.24) is 8.75 Å². The van der Waals surface area contributed by atoms with Gasteiger partial charge in [-0.05, 0) is 0 Å². The van der Waals surface area contributed by atoms with E-state index in [-0.39, 0.29) is 5.03 Å². The fourth-order valence-electron chi connectivity index (χ4n) is 0.319. The van der Waals surface area contributed by atoms with Crippen molar-refractivity contribution in [3.63, 3.8) is 0 Å². The third-order valence-corrected chi connectivity index (χ3v) is 2.27. The van der Waals surface area contributed by atoms with E-state index in [1.807, 2.05) is 0 Å². The van der Waals surface area contributed by atoms with Crippen molar-refractivity contribution in [2.24, 2.45) is 0 Å². The molecule has 0 unspecified atom stereocenters. The predicted octanol–water partition coefficient (Wildman–Crippen LogP) is -0.0584. The van der Waals surface area contributed by atoms with E-state index in [1.54, 1.807) is 0 Å². The standard InChI is InChI=1S/C3H4N2O2S2/c1-9(6,7)3-2-4-8-5-3/h2H,1H3. The lowest BCUT2D eigenvalue weighted by molar-refractivity contribution is 0.599. The van der Waals surface area contributed by atoms with E-state index in [0.29, 0.717) is 0 Å². The molecule has 0 aliphatic carbocycles. The molecule has 0 spiro atoms. The van der Waals surface area contributed by atoms with Crippen LogP contribution < -0.4 is 0 Å². The summed E-state index contributed by atoms with van der Waals surface area (Å²) in [5.41, 5.74) is 0. The van der Waals surface area contributed by atoms with E-state index < -0.39 is 9.84 Å². The van der Waals surface area contributed by atoms with Gasteiger partial charge in [-0.15, -0.1) is 0 Å². The summed E-state index contributed by atoms with van der Waals surface area (Å²) in [6, 6.07) is 0. The maximum Gasteiger partial charge on any atom is 0.195 e. The Bertz CT molecular complexity index is 275. The third kappa shape index (κ3) is 1.46. The van der Waals surface area contributed by atoms with Crippen LogP contribution in [0.3, 0.4) is 0 Å². The fourth-order valence-corrected chi connectivity index (χ4v) is 1.59. The first-order chi connectivity index (χ1) is 4.11. The van der Waals surface area contributed by atoms with Gasteiger partial charge in [0.25, 0.3) is 0 Å². The highest BCUT2D eigenvalue weighted by molar-refractivity contribution is 7.90. The summed E-state index contributed by atoms with van der Waals surface area (Å²) in [7, 11) is -3.12. The Morgan fingerprint density at radius 3 is 2.56 bits per heavy atom. The molecular weight excluding hydrogens is 160 g/mol. The normalized spacial score (nSPS) is 11.7. The maximum atomic E-state index is 10.6. The van der Waals surface area contributed by atoms with E-state index >= 15 is 0 Å². The molecule has 0 aromatic carbocycles. The molecule has 0 aliphatic rings. The first-order valence-corrected chi connectivity index (χ1v) is 4.70. The van der Waals surface area contributed by atoms with E-state index in [0.717, 1.165) is 18.0 Å². The second-order valence-electron chi connectivity index (χ2n) is 1.52. The molecule has 1 rings (SSSR count). The second kappa shape index (κ2) is 2.03. The van der Waals surface area contributed by atoms with Gasteiger partial charge >= 0.3 is 0 Å². The molecule has 0 bridgehead atoms. The zero-order valence-electron chi connectivity index (χ0n) is 4.60. The molecule has 0 atom stereocenters. The Morgan fingerprint density at radius 1 is 1.67 bits per heavy atom. The highest BCUT2D eigenvalue weighted by atomic mass is 32.2. The Labute approximate surface area is 56.8 Å². The van der Waals surface area contributed by atoms with E-state index in [1.165, 1.54) is 6.20 Å². The van der Waals surface area contributed by atoms with Gasteiger partial charge in [0, 0.05) is 6.26 Å². The van der Waals surface area contributed by atoms with Gasteiger partial charge in [-0.1, -0.05) is 0 Å². The second-order valence-corrected chi connectivity index (χ2v) is 4.04. The Balaban J connectivity index is 3.20. The number of hydrogen-bond donors (Lipinski definition) is 0. The minimum atomic E-state index is -3.12. The fraction of sp³-hybridized carbons (Fsp3) is 0.333. The molecule has 0 N–H and O–H groups in total. The number of aromatic nitrogens is 2. The monoisotopic (exact) mass is 164 g/mol. The van der Waals surface area contributed by atoms with Crippen molar-refractivity contribution in [3.05, 3.63) is 6.20 Å². The molecule has 0 fully saturated rings. The van der Waals surface area contributed by atoms with Crippen LogP contribution in [0, 0.1) is 0 Å². The minimum Gasteiger partial charge on any atom is -0.222 e. The van der Waals surface area contributed by atoms with Gasteiger partial charge in [-0.2, -0.15) is 8.75 Å². The van der Waals surface area contributed by atoms with Crippen molar-refractivity contribution in [2.75, 3.05) is 6.26 Å². The van der Waals surface area contributed by atoms with Gasteiger partial charge in [0.1, 0.15) is 0 Å². The highest BCUT2D eigenvalue weighted by Crippen LogP contribution is 2.02. The summed E-state index contributed by atoms with van der Waals surface area (Å²) in [5.74, 6) is 0. The largest absolute Gasteiger partial charge is 0.222 e. The van der Waals surface area contributed by atoms with Crippen LogP contribution in [-0.4, -0.2) is 23.4 Å². The summed E-state index contributed by atoms with van der Waals surface area (Å²) in [5, 5.41) is 0.0486. The SMILES string of the molecule is CS(=O)(=O)c1cnsn1. The first-order valence-electron chi connectivity index (χ1n) is 2.08. The average Bonchev–Trinajstić information content (AvgIpc) is 2.08. The van der Waals surface area contributed by atoms with Crippen LogP contribution in [-0.2, 0) is 9.84 Å². The van der Waals surface area contributed by atoms with Crippen LogP contribution in [0.2, 0.25) is 0 Å². The molecule has 6 heteroatoms. The van der Waals surface area contributed by atoms with Crippen molar-refractivity contribution < 1.29 is 8.42 Å². The molecule has 1 aromatic rings. The molecule has 4 nitrogen and oxygen atoms in total. The summed E-state index contributed by atoms with van der Waals surface area (Å²) in [4.78, 5) is 0. The van der Waals surface area contributed by atoms with E-state index in [9.17, 15) is 8.42 Å². The Kier molecular flexibility index (Phi) is 1.50. The molecular formula is C3H4N2O2S2. The Hall–Kier alpha value is -0.490. The number of nitrogens with zero attached hydrogens (tertiary/aromatic N) is 2. The third-order valence-electron chi connectivity index (χ3n) is 0.721. The lowest BCUT2D eigenvalue weighted by Gasteiger charge is -1.83. The minimum absolute atomic E-state index is 0.0486. The van der Waals surface area contributed by atoms with Crippen LogP contribution in [0.1, 0.15) is 0 Å². The van der Waals surface area contributed by atoms with Crippen LogP contribution in [0.5, 0.6) is 0 Å². The molecule has 50 valence electrons. The highest BCUT2D eigenvalue weighted by Gasteiger charge is 2.08. The topological polar surface area (TPSA) is 59.9 Å². The van der Waals surface area contributed by atoms with Gasteiger partial charge in [0.2, 0.25) is 0 Å². The van der Waals surface area contributed by atoms with E-state index in [4.69, 9.17) is 0 Å². The number of sulfone groups is 1. The summed E-state index contributed by atoms with van der Waals surface area (Å²) >= 11 is 0.887. The summed E-state index contributed by atoms with van der Waals surface area (Å²) < 4.78 is 28.3. The predicted molar refractivity (Wildman–Crippen MR) is 33.0 cm³/mol. The molecule has 9 heavy (non-hydrogen) atoms. The zero-order chi connectivity index (χ0) is 6.91. The Morgan fingerprint density at radius 2 is 2.33 bits per heavy atom. The van der Waals surface area contributed by atoms with Crippen molar-refractivity contribution in [3.8, 4) is 0 Å². The van der Waals surface area contributed by atoms with Crippen LogP contribution in [0.25, 0.3) is 0 Å². The molecule has 0 saturated carbocycles. The van der Waals surface area contributed by atoms with Crippen LogP contribution >= 0.6 is 11.7 Å². The summed E-state index contributed by atoms with van der Waals surface area (Å²) in [6.45, 7) is 0. The molecule has 0 radical (unpaired) electrons. The maximum absolute atomic E-state index is 10.6. The molecule has 0 aliphatic heterocycles. The molecule has 0 saturated heterocycles. The molecule has 0 amide bonds. The zero-order valence-corrected chi connectivity index (χ0v) is 6.24. The van der Waals surface area contributed by atoms with Crippen molar-refractivity contribution in [1.29, 1.82) is 0 Å². The number of hydrogen-bond acceptors (Lipinski definition) is 5. The average molecular weight is 164 g/mol. The van der Waals surface area contributed by atoms with Gasteiger partial charge < -0.3 is 0 Å². The van der Waals surface area contributed by atoms with Crippen LogP contribution in [0.4, 0.5) is 0 Å².